The van der Waals surface area contributed by atoms with Crippen LogP contribution in [0.15, 0.2) is 109 Å². The molecule has 0 unspecified atom stereocenters. The van der Waals surface area contributed by atoms with Crippen LogP contribution in [0.1, 0.15) is 97.3 Å². The van der Waals surface area contributed by atoms with E-state index in [1.54, 1.807) is 64.3 Å². The number of amides is 4. The Morgan fingerprint density at radius 3 is 1.27 bits per heavy atom. The van der Waals surface area contributed by atoms with Crippen molar-refractivity contribution in [2.75, 3.05) is 27.7 Å². The molecule has 0 spiro atoms. The number of nitrogens with one attached hydrogen (secondary N) is 2. The van der Waals surface area contributed by atoms with E-state index >= 15 is 0 Å². The summed E-state index contributed by atoms with van der Waals surface area (Å²) < 4.78 is 33.9. The molecule has 0 fully saturated rings. The first kappa shape index (κ1) is 45.1. The summed E-state index contributed by atoms with van der Waals surface area (Å²) in [5, 5.41) is 6.21. The average Bonchev–Trinajstić information content (AvgIpc) is 3.99. The van der Waals surface area contributed by atoms with Crippen LogP contribution >= 0.6 is 0 Å². The molecule has 336 valence electrons. The molecule has 4 aromatic carbocycles. The number of benzene rings is 4. The minimum absolute atomic E-state index is 0.107. The molecule has 2 N–H and O–H groups in total. The molecule has 4 amide bonds. The predicted octanol–water partition coefficient (Wildman–Crippen LogP) is 7.70. The number of nitrogens with zero attached hydrogens (tertiary/aromatic N) is 2. The third-order valence-corrected chi connectivity index (χ3v) is 11.7. The second kappa shape index (κ2) is 20.5. The molecule has 14 nitrogen and oxygen atoms in total. The quantitative estimate of drug-likeness (QED) is 0.192. The van der Waals surface area contributed by atoms with E-state index in [0.717, 1.165) is 11.1 Å². The normalized spacial score (nSPS) is 24.7. The topological polar surface area (TPSA) is 154 Å². The van der Waals surface area contributed by atoms with E-state index in [9.17, 15) is 19.2 Å². The van der Waals surface area contributed by atoms with Gasteiger partial charge in [0.1, 0.15) is 23.6 Å². The highest BCUT2D eigenvalue weighted by molar-refractivity contribution is 6.00. The van der Waals surface area contributed by atoms with Crippen molar-refractivity contribution in [2.45, 2.75) is 89.8 Å². The van der Waals surface area contributed by atoms with Crippen LogP contribution in [0.3, 0.4) is 0 Å². The van der Waals surface area contributed by atoms with Gasteiger partial charge in [0, 0.05) is 26.9 Å². The van der Waals surface area contributed by atoms with Gasteiger partial charge >= 0.3 is 0 Å². The number of para-hydroxylation sites is 2. The van der Waals surface area contributed by atoms with Gasteiger partial charge in [-0.25, -0.2) is 0 Å². The van der Waals surface area contributed by atoms with E-state index in [4.69, 9.17) is 28.4 Å². The van der Waals surface area contributed by atoms with Crippen LogP contribution in [-0.4, -0.2) is 85.4 Å². The van der Waals surface area contributed by atoms with Crippen molar-refractivity contribution in [1.82, 2.24) is 20.4 Å². The summed E-state index contributed by atoms with van der Waals surface area (Å²) in [6, 6.07) is 23.7. The summed E-state index contributed by atoms with van der Waals surface area (Å²) in [4.78, 5) is 55.4. The average molecular weight is 873 g/mol. The van der Waals surface area contributed by atoms with Gasteiger partial charge in [-0.05, 0) is 100 Å². The van der Waals surface area contributed by atoms with Gasteiger partial charge in [0.25, 0.3) is 11.8 Å². The minimum atomic E-state index is -0.670. The zero-order chi connectivity index (χ0) is 45.3. The molecule has 0 aromatic heterocycles. The SMILES string of the molecule is C[C@@H]1C/C=C/C[C@H](c2ccc3c(c2)OCO3)NC(=O)[C@H](C)N(C)C(=O)c2ccccc2O1.C[C@@H]1C/C=C\C[C@H](c2ccc3c(c2)OCO3)NC(=O)[C@H](C)N(C)C(=O)c2ccccc2O1. The van der Waals surface area contributed by atoms with E-state index < -0.39 is 12.1 Å². The maximum Gasteiger partial charge on any atom is 0.258 e. The number of rotatable bonds is 2. The van der Waals surface area contributed by atoms with Gasteiger partial charge in [-0.2, -0.15) is 0 Å². The van der Waals surface area contributed by atoms with Crippen molar-refractivity contribution < 1.29 is 47.6 Å². The Hall–Kier alpha value is -6.96. The first-order chi connectivity index (χ1) is 30.9. The lowest BCUT2D eigenvalue weighted by atomic mass is 10.0. The second-order valence-corrected chi connectivity index (χ2v) is 16.3. The standard InChI is InChI=1S/2C25H28N2O5/c2*1-16-8-4-6-10-20(18-12-13-22-23(14-18)31-15-30-22)26-24(28)17(2)27(3)25(29)19-9-5-7-11-21(19)32-16/h2*4-7,9,11-14,16-17,20H,8,10,15H2,1-3H3,(H,26,28)/b6-4+;6-4-/t2*16-,17+,20-/m11/s1. The molecular weight excluding hydrogens is 817 g/mol. The van der Waals surface area contributed by atoms with Gasteiger partial charge in [0.15, 0.2) is 23.0 Å². The molecule has 64 heavy (non-hydrogen) atoms. The molecule has 0 bridgehead atoms. The molecule has 8 rings (SSSR count). The number of fused-ring (bicyclic) bond motifs is 4. The summed E-state index contributed by atoms with van der Waals surface area (Å²) >= 11 is 0. The lowest BCUT2D eigenvalue weighted by molar-refractivity contribution is -0.126. The maximum atomic E-state index is 13.2. The van der Waals surface area contributed by atoms with Crippen molar-refractivity contribution in [3.05, 3.63) is 131 Å². The Bertz CT molecular complexity index is 2230. The summed E-state index contributed by atoms with van der Waals surface area (Å²) in [6.07, 6.45) is 10.5. The molecule has 14 heteroatoms. The number of carbonyl (C=O) groups is 4. The Labute approximate surface area is 374 Å². The predicted molar refractivity (Wildman–Crippen MR) is 240 cm³/mol. The van der Waals surface area contributed by atoms with Gasteiger partial charge in [-0.1, -0.05) is 60.7 Å². The third-order valence-electron chi connectivity index (χ3n) is 11.7. The third kappa shape index (κ3) is 10.6. The molecule has 4 heterocycles. The molecular formula is C50H56N4O10. The highest BCUT2D eigenvalue weighted by Crippen LogP contribution is 2.37. The fourth-order valence-electron chi connectivity index (χ4n) is 7.55. The van der Waals surface area contributed by atoms with E-state index in [1.807, 2.05) is 86.7 Å². The monoisotopic (exact) mass is 872 g/mol. The Balaban J connectivity index is 0.000000191. The van der Waals surface area contributed by atoms with Gasteiger partial charge in [-0.15, -0.1) is 0 Å². The van der Waals surface area contributed by atoms with Crippen molar-refractivity contribution in [1.29, 1.82) is 0 Å². The van der Waals surface area contributed by atoms with E-state index in [2.05, 4.69) is 10.6 Å². The van der Waals surface area contributed by atoms with Crippen LogP contribution in [0, 0.1) is 0 Å². The first-order valence-corrected chi connectivity index (χ1v) is 21.6. The fraction of sp³-hybridized carbons (Fsp3) is 0.360. The summed E-state index contributed by atoms with van der Waals surface area (Å²) in [5.74, 6) is 2.77. The molecule has 4 aliphatic heterocycles. The zero-order valence-corrected chi connectivity index (χ0v) is 37.1. The highest BCUT2D eigenvalue weighted by atomic mass is 16.7. The number of hydrogen-bond donors (Lipinski definition) is 2. The van der Waals surface area contributed by atoms with Crippen LogP contribution in [0.25, 0.3) is 0 Å². The lowest BCUT2D eigenvalue weighted by Gasteiger charge is -2.28. The van der Waals surface area contributed by atoms with Crippen molar-refractivity contribution in [3.8, 4) is 34.5 Å². The van der Waals surface area contributed by atoms with E-state index in [-0.39, 0.29) is 61.5 Å². The van der Waals surface area contributed by atoms with Crippen molar-refractivity contribution in [2.24, 2.45) is 0 Å². The number of carbonyl (C=O) groups excluding carboxylic acids is 4. The van der Waals surface area contributed by atoms with Crippen LogP contribution in [-0.2, 0) is 9.59 Å². The van der Waals surface area contributed by atoms with Crippen LogP contribution in [0.5, 0.6) is 34.5 Å². The number of hydrogen-bond acceptors (Lipinski definition) is 10. The van der Waals surface area contributed by atoms with Gasteiger partial charge in [0.2, 0.25) is 25.4 Å². The molecule has 6 atom stereocenters. The maximum absolute atomic E-state index is 13.2. The van der Waals surface area contributed by atoms with E-state index in [0.29, 0.717) is 71.3 Å². The van der Waals surface area contributed by atoms with Gasteiger partial charge in [0.05, 0.1) is 35.4 Å². The van der Waals surface area contributed by atoms with Crippen LogP contribution in [0.2, 0.25) is 0 Å². The lowest BCUT2D eigenvalue weighted by Crippen LogP contribution is -2.47. The smallest absolute Gasteiger partial charge is 0.258 e. The van der Waals surface area contributed by atoms with Crippen molar-refractivity contribution >= 4 is 23.6 Å². The van der Waals surface area contributed by atoms with Gasteiger partial charge < -0.3 is 48.9 Å². The Morgan fingerprint density at radius 2 is 0.844 bits per heavy atom. The fourth-order valence-corrected chi connectivity index (χ4v) is 7.55. The molecule has 4 aromatic rings. The molecule has 0 saturated heterocycles. The second-order valence-electron chi connectivity index (χ2n) is 16.3. The van der Waals surface area contributed by atoms with Gasteiger partial charge in [-0.3, -0.25) is 19.2 Å². The largest absolute Gasteiger partial charge is 0.490 e. The zero-order valence-electron chi connectivity index (χ0n) is 37.1. The summed E-state index contributed by atoms with van der Waals surface area (Å²) in [7, 11) is 3.27. The number of likely N-dealkylation sites (N-methyl/N-ethyl adjacent to an activating group) is 2. The van der Waals surface area contributed by atoms with Crippen molar-refractivity contribution in [3.63, 3.8) is 0 Å². The number of ether oxygens (including phenoxy) is 6. The molecule has 0 aliphatic carbocycles. The minimum Gasteiger partial charge on any atom is -0.490 e. The molecule has 4 aliphatic rings. The molecule has 0 radical (unpaired) electrons. The molecule has 0 saturated carbocycles. The highest BCUT2D eigenvalue weighted by Gasteiger charge is 2.30. The van der Waals surface area contributed by atoms with Crippen LogP contribution in [0.4, 0.5) is 0 Å². The Morgan fingerprint density at radius 1 is 0.469 bits per heavy atom. The van der Waals surface area contributed by atoms with E-state index in [1.165, 1.54) is 9.80 Å². The first-order valence-electron chi connectivity index (χ1n) is 21.6. The summed E-state index contributed by atoms with van der Waals surface area (Å²) in [5.41, 5.74) is 2.70. The van der Waals surface area contributed by atoms with Crippen LogP contribution < -0.4 is 39.1 Å². The Kier molecular flexibility index (Phi) is 14.4. The summed E-state index contributed by atoms with van der Waals surface area (Å²) in [6.45, 7) is 7.77.